The second-order valence-corrected chi connectivity index (χ2v) is 4.69. The first-order valence-corrected chi connectivity index (χ1v) is 5.91. The monoisotopic (exact) mass is 257 g/mol. The second-order valence-electron chi connectivity index (χ2n) is 4.69. The molecular weight excluding hydrogens is 238 g/mol. The van der Waals surface area contributed by atoms with Crippen LogP contribution in [0.5, 0.6) is 0 Å². The van der Waals surface area contributed by atoms with Crippen LogP contribution in [0.4, 0.5) is 0 Å². The van der Waals surface area contributed by atoms with Crippen LogP contribution < -0.4 is 16.0 Å². The maximum atomic E-state index is 11.9. The Morgan fingerprint density at radius 2 is 2.00 bits per heavy atom. The van der Waals surface area contributed by atoms with Gasteiger partial charge in [-0.2, -0.15) is 0 Å². The van der Waals surface area contributed by atoms with Crippen molar-refractivity contribution in [3.05, 3.63) is 0 Å². The first kappa shape index (κ1) is 14.4. The summed E-state index contributed by atoms with van der Waals surface area (Å²) >= 11 is 0. The van der Waals surface area contributed by atoms with Gasteiger partial charge >= 0.3 is 5.97 Å². The normalized spacial score (nSPS) is 23.2. The number of amides is 2. The molecule has 1 atom stereocenters. The van der Waals surface area contributed by atoms with Crippen molar-refractivity contribution >= 4 is 17.8 Å². The quantitative estimate of drug-likeness (QED) is 0.489. The molecule has 1 unspecified atom stereocenters. The molecular formula is C11H19N3O4. The Morgan fingerprint density at radius 3 is 2.56 bits per heavy atom. The van der Waals surface area contributed by atoms with Crippen molar-refractivity contribution in [3.63, 3.8) is 0 Å². The van der Waals surface area contributed by atoms with E-state index in [0.717, 1.165) is 19.4 Å². The topological polar surface area (TPSA) is 108 Å². The molecule has 0 bridgehead atoms. The Kier molecular flexibility index (Phi) is 5.08. The van der Waals surface area contributed by atoms with E-state index < -0.39 is 23.8 Å². The summed E-state index contributed by atoms with van der Waals surface area (Å²) in [5, 5.41) is 16.2. The molecule has 0 spiro atoms. The number of carbonyl (C=O) groups is 3. The number of carbonyl (C=O) groups excluding carboxylic acids is 2. The van der Waals surface area contributed by atoms with Crippen LogP contribution >= 0.6 is 0 Å². The Morgan fingerprint density at radius 1 is 1.28 bits per heavy atom. The van der Waals surface area contributed by atoms with Crippen LogP contribution in [0.25, 0.3) is 0 Å². The number of carboxylic acids is 1. The molecule has 0 aliphatic carbocycles. The van der Waals surface area contributed by atoms with Crippen molar-refractivity contribution in [3.8, 4) is 0 Å². The van der Waals surface area contributed by atoms with Crippen molar-refractivity contribution in [2.24, 2.45) is 5.41 Å². The van der Waals surface area contributed by atoms with Crippen molar-refractivity contribution < 1.29 is 19.5 Å². The first-order valence-electron chi connectivity index (χ1n) is 5.91. The Labute approximate surface area is 105 Å². The largest absolute Gasteiger partial charge is 0.480 e. The minimum Gasteiger partial charge on any atom is -0.480 e. The van der Waals surface area contributed by atoms with Crippen LogP contribution in [-0.4, -0.2) is 49.1 Å². The average molecular weight is 257 g/mol. The smallest absolute Gasteiger partial charge is 0.322 e. The lowest BCUT2D eigenvalue weighted by molar-refractivity contribution is -0.138. The van der Waals surface area contributed by atoms with Crippen molar-refractivity contribution in [2.45, 2.75) is 19.8 Å². The van der Waals surface area contributed by atoms with Crippen LogP contribution in [0.3, 0.4) is 0 Å². The lowest BCUT2D eigenvalue weighted by Gasteiger charge is -2.32. The van der Waals surface area contributed by atoms with E-state index in [0.29, 0.717) is 6.54 Å². The summed E-state index contributed by atoms with van der Waals surface area (Å²) < 4.78 is 0. The molecule has 1 aliphatic rings. The second kappa shape index (κ2) is 6.34. The molecule has 1 heterocycles. The molecule has 7 heteroatoms. The van der Waals surface area contributed by atoms with E-state index in [1.54, 1.807) is 0 Å². The molecule has 2 amide bonds. The molecule has 18 heavy (non-hydrogen) atoms. The number of carboxylic acid groups (broad SMARTS) is 1. The zero-order chi connectivity index (χ0) is 13.6. The van der Waals surface area contributed by atoms with Gasteiger partial charge in [0.25, 0.3) is 0 Å². The van der Waals surface area contributed by atoms with E-state index in [1.165, 1.54) is 0 Å². The van der Waals surface area contributed by atoms with Crippen molar-refractivity contribution in [2.75, 3.05) is 26.2 Å². The van der Waals surface area contributed by atoms with Crippen LogP contribution in [-0.2, 0) is 14.4 Å². The predicted molar refractivity (Wildman–Crippen MR) is 63.9 cm³/mol. The van der Waals surface area contributed by atoms with Crippen LogP contribution in [0.15, 0.2) is 0 Å². The van der Waals surface area contributed by atoms with Gasteiger partial charge in [0.1, 0.15) is 6.54 Å². The highest BCUT2D eigenvalue weighted by Crippen LogP contribution is 2.25. The van der Waals surface area contributed by atoms with E-state index in [-0.39, 0.29) is 12.5 Å². The molecule has 4 N–H and O–H groups in total. The third-order valence-corrected chi connectivity index (χ3v) is 2.99. The number of aliphatic carboxylic acids is 1. The summed E-state index contributed by atoms with van der Waals surface area (Å²) in [5.74, 6) is -1.79. The summed E-state index contributed by atoms with van der Waals surface area (Å²) in [5.41, 5.74) is -0.495. The highest BCUT2D eigenvalue weighted by Gasteiger charge is 2.34. The van der Waals surface area contributed by atoms with E-state index in [1.807, 2.05) is 6.92 Å². The molecule has 0 aromatic heterocycles. The van der Waals surface area contributed by atoms with Gasteiger partial charge in [-0.1, -0.05) is 0 Å². The lowest BCUT2D eigenvalue weighted by atomic mass is 9.82. The minimum absolute atomic E-state index is 0.180. The summed E-state index contributed by atoms with van der Waals surface area (Å²) in [6.45, 7) is 2.72. The zero-order valence-electron chi connectivity index (χ0n) is 10.4. The third-order valence-electron chi connectivity index (χ3n) is 2.99. The zero-order valence-corrected chi connectivity index (χ0v) is 10.4. The average Bonchev–Trinajstić information content (AvgIpc) is 2.34. The molecule has 1 aliphatic heterocycles. The molecule has 7 nitrogen and oxygen atoms in total. The number of hydrogen-bond donors (Lipinski definition) is 4. The Hall–Kier alpha value is -1.63. The standard InChI is InChI=1S/C11H19N3O4/c1-11(3-2-4-12-7-11)10(18)14-5-8(15)13-6-9(16)17/h12H,2-7H2,1H3,(H,13,15)(H,14,18)(H,16,17). The molecule has 1 saturated heterocycles. The maximum absolute atomic E-state index is 11.9. The fourth-order valence-electron chi connectivity index (χ4n) is 1.86. The van der Waals surface area contributed by atoms with Crippen molar-refractivity contribution in [1.82, 2.24) is 16.0 Å². The minimum atomic E-state index is -1.11. The molecule has 0 radical (unpaired) electrons. The van der Waals surface area contributed by atoms with Gasteiger partial charge in [-0.3, -0.25) is 14.4 Å². The molecule has 0 aromatic rings. The fraction of sp³-hybridized carbons (Fsp3) is 0.727. The van der Waals surface area contributed by atoms with E-state index in [2.05, 4.69) is 16.0 Å². The van der Waals surface area contributed by atoms with E-state index in [9.17, 15) is 14.4 Å². The van der Waals surface area contributed by atoms with Gasteiger partial charge in [-0.15, -0.1) is 0 Å². The highest BCUT2D eigenvalue weighted by molar-refractivity contribution is 5.89. The first-order chi connectivity index (χ1) is 8.44. The number of hydrogen-bond acceptors (Lipinski definition) is 4. The van der Waals surface area contributed by atoms with Crippen molar-refractivity contribution in [1.29, 1.82) is 0 Å². The molecule has 102 valence electrons. The van der Waals surface area contributed by atoms with Crippen LogP contribution in [0.2, 0.25) is 0 Å². The molecule has 0 saturated carbocycles. The van der Waals surface area contributed by atoms with Gasteiger partial charge in [0, 0.05) is 6.54 Å². The summed E-state index contributed by atoms with van der Waals surface area (Å²) in [6.07, 6.45) is 1.71. The summed E-state index contributed by atoms with van der Waals surface area (Å²) in [6, 6.07) is 0. The van der Waals surface area contributed by atoms with E-state index >= 15 is 0 Å². The van der Waals surface area contributed by atoms with Crippen LogP contribution in [0, 0.1) is 5.41 Å². The Balaban J connectivity index is 2.31. The van der Waals surface area contributed by atoms with Gasteiger partial charge < -0.3 is 21.1 Å². The summed E-state index contributed by atoms with van der Waals surface area (Å²) in [7, 11) is 0. The SMILES string of the molecule is CC1(C(=O)NCC(=O)NCC(=O)O)CCCNC1. The third kappa shape index (κ3) is 4.33. The van der Waals surface area contributed by atoms with Gasteiger partial charge in [0.05, 0.1) is 12.0 Å². The number of piperidine rings is 1. The predicted octanol–water partition coefficient (Wildman–Crippen LogP) is -1.31. The molecule has 1 rings (SSSR count). The Bertz CT molecular complexity index is 337. The van der Waals surface area contributed by atoms with Crippen LogP contribution in [0.1, 0.15) is 19.8 Å². The highest BCUT2D eigenvalue weighted by atomic mass is 16.4. The number of nitrogens with one attached hydrogen (secondary N) is 3. The maximum Gasteiger partial charge on any atom is 0.322 e. The van der Waals surface area contributed by atoms with Gasteiger partial charge in [-0.05, 0) is 26.3 Å². The number of rotatable bonds is 5. The van der Waals surface area contributed by atoms with Gasteiger partial charge in [0.2, 0.25) is 11.8 Å². The molecule has 0 aromatic carbocycles. The lowest BCUT2D eigenvalue weighted by Crippen LogP contribution is -2.50. The van der Waals surface area contributed by atoms with Gasteiger partial charge in [0.15, 0.2) is 0 Å². The van der Waals surface area contributed by atoms with Gasteiger partial charge in [-0.25, -0.2) is 0 Å². The summed E-state index contributed by atoms with van der Waals surface area (Å²) in [4.78, 5) is 33.4. The fourth-order valence-corrected chi connectivity index (χ4v) is 1.86. The molecule has 1 fully saturated rings. The van der Waals surface area contributed by atoms with E-state index in [4.69, 9.17) is 5.11 Å².